The van der Waals surface area contributed by atoms with Gasteiger partial charge in [0.1, 0.15) is 0 Å². The van der Waals surface area contributed by atoms with Crippen LogP contribution in [0.2, 0.25) is 0 Å². The van der Waals surface area contributed by atoms with Gasteiger partial charge in [0.05, 0.1) is 6.61 Å². The summed E-state index contributed by atoms with van der Waals surface area (Å²) in [7, 11) is 0. The van der Waals surface area contributed by atoms with E-state index in [1.807, 2.05) is 0 Å². The smallest absolute Gasteiger partial charge is 0.0556 e. The van der Waals surface area contributed by atoms with Crippen molar-refractivity contribution in [3.8, 4) is 0 Å². The number of benzene rings is 1. The van der Waals surface area contributed by atoms with E-state index < -0.39 is 0 Å². The molecule has 3 heteroatoms. The minimum atomic E-state index is 0.195. The molecule has 0 bridgehead atoms. The van der Waals surface area contributed by atoms with E-state index in [-0.39, 0.29) is 6.61 Å². The predicted molar refractivity (Wildman–Crippen MR) is 60.6 cm³/mol. The summed E-state index contributed by atoms with van der Waals surface area (Å²) in [6.07, 6.45) is 0. The number of hydrogen-bond acceptors (Lipinski definition) is 3. The zero-order chi connectivity index (χ0) is 9.80. The first-order valence-electron chi connectivity index (χ1n) is 4.68. The molecule has 0 atom stereocenters. The van der Waals surface area contributed by atoms with Crippen LogP contribution >= 0.6 is 11.3 Å². The van der Waals surface area contributed by atoms with E-state index >= 15 is 0 Å². The summed E-state index contributed by atoms with van der Waals surface area (Å²) in [5, 5.41) is 15.2. The molecule has 74 valence electrons. The molecule has 2 aromatic rings. The van der Waals surface area contributed by atoms with Gasteiger partial charge in [-0.3, -0.25) is 0 Å². The molecule has 2 rings (SSSR count). The first kappa shape index (κ1) is 9.65. The van der Waals surface area contributed by atoms with Crippen LogP contribution < -0.4 is 5.32 Å². The normalized spacial score (nSPS) is 10.9. The van der Waals surface area contributed by atoms with Crippen LogP contribution in [-0.4, -0.2) is 18.3 Å². The number of aliphatic hydroxyl groups excluding tert-OH is 1. The molecule has 1 aromatic carbocycles. The first-order chi connectivity index (χ1) is 6.90. The van der Waals surface area contributed by atoms with Crippen LogP contribution in [0.3, 0.4) is 0 Å². The summed E-state index contributed by atoms with van der Waals surface area (Å²) < 4.78 is 1.33. The minimum Gasteiger partial charge on any atom is -0.395 e. The van der Waals surface area contributed by atoms with Gasteiger partial charge in [-0.2, -0.15) is 0 Å². The lowest BCUT2D eigenvalue weighted by Crippen LogP contribution is -2.17. The zero-order valence-corrected chi connectivity index (χ0v) is 8.68. The van der Waals surface area contributed by atoms with Crippen molar-refractivity contribution >= 4 is 21.4 Å². The average Bonchev–Trinajstić information content (AvgIpc) is 2.65. The fraction of sp³-hybridized carbons (Fsp3) is 0.273. The third kappa shape index (κ3) is 2.12. The van der Waals surface area contributed by atoms with Crippen LogP contribution in [0, 0.1) is 0 Å². The van der Waals surface area contributed by atoms with Gasteiger partial charge in [0.25, 0.3) is 0 Å². The molecule has 0 saturated heterocycles. The summed E-state index contributed by atoms with van der Waals surface area (Å²) in [5.74, 6) is 0. The van der Waals surface area contributed by atoms with Gasteiger partial charge in [-0.1, -0.05) is 6.07 Å². The van der Waals surface area contributed by atoms with Crippen molar-refractivity contribution in [1.82, 2.24) is 5.32 Å². The van der Waals surface area contributed by atoms with Crippen LogP contribution in [0.5, 0.6) is 0 Å². The highest BCUT2D eigenvalue weighted by Gasteiger charge is 1.96. The molecule has 2 nitrogen and oxygen atoms in total. The van der Waals surface area contributed by atoms with E-state index in [4.69, 9.17) is 5.11 Å². The molecular weight excluding hydrogens is 194 g/mol. The summed E-state index contributed by atoms with van der Waals surface area (Å²) in [6.45, 7) is 1.68. The Hall–Kier alpha value is -0.900. The van der Waals surface area contributed by atoms with E-state index in [1.54, 1.807) is 11.3 Å². The van der Waals surface area contributed by atoms with Crippen LogP contribution in [0.4, 0.5) is 0 Å². The molecule has 0 spiro atoms. The van der Waals surface area contributed by atoms with Crippen LogP contribution in [0.25, 0.3) is 10.1 Å². The molecule has 0 saturated carbocycles. The van der Waals surface area contributed by atoms with Gasteiger partial charge in [0.2, 0.25) is 0 Å². The van der Waals surface area contributed by atoms with Crippen molar-refractivity contribution in [3.05, 3.63) is 35.2 Å². The molecule has 0 aliphatic heterocycles. The SMILES string of the molecule is OCCNCc1ccc2sccc2c1. The van der Waals surface area contributed by atoms with Gasteiger partial charge in [0, 0.05) is 17.8 Å². The van der Waals surface area contributed by atoms with E-state index in [1.165, 1.54) is 15.6 Å². The monoisotopic (exact) mass is 207 g/mol. The molecular formula is C11H13NOS. The van der Waals surface area contributed by atoms with Gasteiger partial charge in [-0.05, 0) is 34.5 Å². The van der Waals surface area contributed by atoms with Gasteiger partial charge >= 0.3 is 0 Å². The summed E-state index contributed by atoms with van der Waals surface area (Å²) in [5.41, 5.74) is 1.27. The Kier molecular flexibility index (Phi) is 3.14. The predicted octanol–water partition coefficient (Wildman–Crippen LogP) is 1.98. The van der Waals surface area contributed by atoms with Crippen molar-refractivity contribution in [3.63, 3.8) is 0 Å². The number of fused-ring (bicyclic) bond motifs is 1. The summed E-state index contributed by atoms with van der Waals surface area (Å²) >= 11 is 1.76. The van der Waals surface area contributed by atoms with Crippen molar-refractivity contribution < 1.29 is 5.11 Å². The Morgan fingerprint density at radius 3 is 3.07 bits per heavy atom. The Balaban J connectivity index is 2.10. The fourth-order valence-corrected chi connectivity index (χ4v) is 2.21. The molecule has 0 amide bonds. The van der Waals surface area contributed by atoms with Gasteiger partial charge in [-0.15, -0.1) is 11.3 Å². The Morgan fingerprint density at radius 2 is 2.21 bits per heavy atom. The Morgan fingerprint density at radius 1 is 1.29 bits per heavy atom. The second-order valence-electron chi connectivity index (χ2n) is 3.19. The Bertz CT molecular complexity index is 410. The molecule has 14 heavy (non-hydrogen) atoms. The minimum absolute atomic E-state index is 0.195. The van der Waals surface area contributed by atoms with E-state index in [0.29, 0.717) is 6.54 Å². The largest absolute Gasteiger partial charge is 0.395 e. The third-order valence-corrected chi connectivity index (χ3v) is 3.03. The topological polar surface area (TPSA) is 32.3 Å². The number of hydrogen-bond donors (Lipinski definition) is 2. The van der Waals surface area contributed by atoms with Crippen molar-refractivity contribution in [2.75, 3.05) is 13.2 Å². The highest BCUT2D eigenvalue weighted by atomic mass is 32.1. The third-order valence-electron chi connectivity index (χ3n) is 2.13. The summed E-state index contributed by atoms with van der Waals surface area (Å²) in [6, 6.07) is 8.60. The highest BCUT2D eigenvalue weighted by molar-refractivity contribution is 7.17. The molecule has 2 N–H and O–H groups in total. The fourth-order valence-electron chi connectivity index (χ4n) is 1.44. The summed E-state index contributed by atoms with van der Waals surface area (Å²) in [4.78, 5) is 0. The molecule has 0 fully saturated rings. The number of aliphatic hydroxyl groups is 1. The van der Waals surface area contributed by atoms with Crippen molar-refractivity contribution in [1.29, 1.82) is 0 Å². The van der Waals surface area contributed by atoms with Crippen LogP contribution in [-0.2, 0) is 6.54 Å². The van der Waals surface area contributed by atoms with Crippen molar-refractivity contribution in [2.24, 2.45) is 0 Å². The van der Waals surface area contributed by atoms with Crippen molar-refractivity contribution in [2.45, 2.75) is 6.54 Å². The molecule has 0 unspecified atom stereocenters. The van der Waals surface area contributed by atoms with E-state index in [2.05, 4.69) is 35.0 Å². The lowest BCUT2D eigenvalue weighted by molar-refractivity contribution is 0.292. The van der Waals surface area contributed by atoms with Gasteiger partial charge < -0.3 is 10.4 Å². The maximum Gasteiger partial charge on any atom is 0.0556 e. The number of nitrogens with one attached hydrogen (secondary N) is 1. The lowest BCUT2D eigenvalue weighted by Gasteiger charge is -2.02. The molecule has 0 aliphatic rings. The zero-order valence-electron chi connectivity index (χ0n) is 7.86. The highest BCUT2D eigenvalue weighted by Crippen LogP contribution is 2.21. The lowest BCUT2D eigenvalue weighted by atomic mass is 10.2. The second-order valence-corrected chi connectivity index (χ2v) is 4.14. The maximum atomic E-state index is 8.62. The maximum absolute atomic E-state index is 8.62. The Labute approximate surface area is 87.2 Å². The van der Waals surface area contributed by atoms with Crippen LogP contribution in [0.1, 0.15) is 5.56 Å². The van der Waals surface area contributed by atoms with Crippen LogP contribution in [0.15, 0.2) is 29.6 Å². The average molecular weight is 207 g/mol. The van der Waals surface area contributed by atoms with E-state index in [9.17, 15) is 0 Å². The quantitative estimate of drug-likeness (QED) is 0.751. The standard InChI is InChI=1S/C11H13NOS/c13-5-4-12-8-9-1-2-11-10(7-9)3-6-14-11/h1-3,6-7,12-13H,4-5,8H2. The number of rotatable bonds is 4. The van der Waals surface area contributed by atoms with E-state index in [0.717, 1.165) is 6.54 Å². The molecule has 0 aliphatic carbocycles. The second kappa shape index (κ2) is 4.55. The number of thiophene rings is 1. The van der Waals surface area contributed by atoms with Gasteiger partial charge in [-0.25, -0.2) is 0 Å². The molecule has 0 radical (unpaired) electrons. The molecule has 1 heterocycles. The first-order valence-corrected chi connectivity index (χ1v) is 5.56. The van der Waals surface area contributed by atoms with Gasteiger partial charge in [0.15, 0.2) is 0 Å². The molecule has 1 aromatic heterocycles.